The first-order chi connectivity index (χ1) is 5.29. The van der Waals surface area contributed by atoms with Gasteiger partial charge in [-0.2, -0.15) is 5.10 Å². The van der Waals surface area contributed by atoms with Gasteiger partial charge in [0.25, 0.3) is 0 Å². The molecule has 0 radical (unpaired) electrons. The zero-order valence-electron chi connectivity index (χ0n) is 6.85. The summed E-state index contributed by atoms with van der Waals surface area (Å²) in [6.07, 6.45) is 0. The monoisotopic (exact) mass is 155 g/mol. The van der Waals surface area contributed by atoms with E-state index in [1.54, 1.807) is 7.11 Å². The first-order valence-corrected chi connectivity index (χ1v) is 3.51. The van der Waals surface area contributed by atoms with Gasteiger partial charge in [0, 0.05) is 13.7 Å². The topological polar surface area (TPSA) is 63.9 Å². The summed E-state index contributed by atoms with van der Waals surface area (Å²) in [5.74, 6) is 0. The summed E-state index contributed by atoms with van der Waals surface area (Å²) in [4.78, 5) is 0. The van der Waals surface area contributed by atoms with Crippen LogP contribution in [-0.4, -0.2) is 17.3 Å². The number of aromatic amines is 1. The first kappa shape index (κ1) is 8.23. The second-order valence-corrected chi connectivity index (χ2v) is 2.41. The molecule has 0 bridgehead atoms. The summed E-state index contributed by atoms with van der Waals surface area (Å²) in [6, 6.07) is 0. The van der Waals surface area contributed by atoms with E-state index in [0.717, 1.165) is 17.0 Å². The third-order valence-corrected chi connectivity index (χ3v) is 1.69. The van der Waals surface area contributed by atoms with Crippen LogP contribution < -0.4 is 5.73 Å². The molecule has 0 amide bonds. The number of hydrogen-bond acceptors (Lipinski definition) is 3. The third kappa shape index (κ3) is 1.58. The van der Waals surface area contributed by atoms with Crippen LogP contribution in [0.2, 0.25) is 0 Å². The van der Waals surface area contributed by atoms with Crippen LogP contribution in [0.4, 0.5) is 0 Å². The summed E-state index contributed by atoms with van der Waals surface area (Å²) >= 11 is 0. The Morgan fingerprint density at radius 2 is 2.36 bits per heavy atom. The highest BCUT2D eigenvalue weighted by molar-refractivity contribution is 5.22. The van der Waals surface area contributed by atoms with Gasteiger partial charge < -0.3 is 10.5 Å². The van der Waals surface area contributed by atoms with Crippen LogP contribution in [0, 0.1) is 6.92 Å². The molecule has 62 valence electrons. The Hall–Kier alpha value is -0.870. The maximum Gasteiger partial charge on any atom is 0.0881 e. The van der Waals surface area contributed by atoms with Gasteiger partial charge in [-0.1, -0.05) is 0 Å². The van der Waals surface area contributed by atoms with Gasteiger partial charge in [-0.3, -0.25) is 5.10 Å². The van der Waals surface area contributed by atoms with Crippen LogP contribution in [0.1, 0.15) is 17.0 Å². The van der Waals surface area contributed by atoms with Crippen molar-refractivity contribution in [3.05, 3.63) is 17.0 Å². The summed E-state index contributed by atoms with van der Waals surface area (Å²) in [6.45, 7) is 3.03. The summed E-state index contributed by atoms with van der Waals surface area (Å²) in [5.41, 5.74) is 8.46. The summed E-state index contributed by atoms with van der Waals surface area (Å²) in [7, 11) is 1.66. The van der Waals surface area contributed by atoms with E-state index in [4.69, 9.17) is 10.5 Å². The van der Waals surface area contributed by atoms with E-state index in [1.165, 1.54) is 0 Å². The fourth-order valence-corrected chi connectivity index (χ4v) is 0.960. The van der Waals surface area contributed by atoms with E-state index < -0.39 is 0 Å². The fraction of sp³-hybridized carbons (Fsp3) is 0.571. The Morgan fingerprint density at radius 3 is 2.82 bits per heavy atom. The maximum absolute atomic E-state index is 5.44. The Labute approximate surface area is 65.7 Å². The Bertz CT molecular complexity index is 232. The van der Waals surface area contributed by atoms with E-state index in [9.17, 15) is 0 Å². The van der Waals surface area contributed by atoms with Crippen molar-refractivity contribution in [3.8, 4) is 0 Å². The van der Waals surface area contributed by atoms with Gasteiger partial charge in [0.2, 0.25) is 0 Å². The molecule has 0 aliphatic heterocycles. The average molecular weight is 155 g/mol. The van der Waals surface area contributed by atoms with Crippen molar-refractivity contribution in [2.24, 2.45) is 5.73 Å². The molecular formula is C7H13N3O. The minimum atomic E-state index is 0.478. The van der Waals surface area contributed by atoms with Crippen molar-refractivity contribution < 1.29 is 4.74 Å². The predicted octanol–water partition coefficient (Wildman–Crippen LogP) is 0.323. The molecule has 0 aliphatic rings. The second kappa shape index (κ2) is 3.50. The van der Waals surface area contributed by atoms with Crippen molar-refractivity contribution in [1.29, 1.82) is 0 Å². The molecule has 0 spiro atoms. The quantitative estimate of drug-likeness (QED) is 0.660. The molecule has 0 saturated carbocycles. The molecule has 4 nitrogen and oxygen atoms in total. The van der Waals surface area contributed by atoms with Gasteiger partial charge in [-0.25, -0.2) is 0 Å². The molecule has 0 unspecified atom stereocenters. The highest BCUT2D eigenvalue weighted by Gasteiger charge is 2.05. The summed E-state index contributed by atoms with van der Waals surface area (Å²) < 4.78 is 4.95. The lowest BCUT2D eigenvalue weighted by atomic mass is 10.2. The number of rotatable bonds is 3. The third-order valence-electron chi connectivity index (χ3n) is 1.69. The smallest absolute Gasteiger partial charge is 0.0881 e. The van der Waals surface area contributed by atoms with Crippen molar-refractivity contribution >= 4 is 0 Å². The zero-order valence-corrected chi connectivity index (χ0v) is 6.85. The Kier molecular flexibility index (Phi) is 2.62. The van der Waals surface area contributed by atoms with Crippen LogP contribution in [0.5, 0.6) is 0 Å². The van der Waals surface area contributed by atoms with Gasteiger partial charge in [0.1, 0.15) is 0 Å². The average Bonchev–Trinajstić information content (AvgIpc) is 2.34. The number of nitrogens with two attached hydrogens (primary N) is 1. The van der Waals surface area contributed by atoms with Gasteiger partial charge in [-0.15, -0.1) is 0 Å². The molecule has 0 aliphatic carbocycles. The van der Waals surface area contributed by atoms with Crippen molar-refractivity contribution in [2.45, 2.75) is 20.1 Å². The van der Waals surface area contributed by atoms with Gasteiger partial charge in [-0.05, 0) is 12.5 Å². The van der Waals surface area contributed by atoms with E-state index in [0.29, 0.717) is 13.2 Å². The van der Waals surface area contributed by atoms with E-state index in [-0.39, 0.29) is 0 Å². The fourth-order valence-electron chi connectivity index (χ4n) is 0.960. The minimum absolute atomic E-state index is 0.478. The van der Waals surface area contributed by atoms with Crippen LogP contribution in [0.15, 0.2) is 0 Å². The van der Waals surface area contributed by atoms with Gasteiger partial charge >= 0.3 is 0 Å². The molecule has 1 aromatic rings. The zero-order chi connectivity index (χ0) is 8.27. The van der Waals surface area contributed by atoms with Gasteiger partial charge in [0.05, 0.1) is 18.0 Å². The molecule has 0 aromatic carbocycles. The molecule has 0 saturated heterocycles. The van der Waals surface area contributed by atoms with Crippen molar-refractivity contribution in [1.82, 2.24) is 10.2 Å². The highest BCUT2D eigenvalue weighted by Crippen LogP contribution is 2.09. The van der Waals surface area contributed by atoms with E-state index in [1.807, 2.05) is 6.92 Å². The first-order valence-electron chi connectivity index (χ1n) is 3.51. The predicted molar refractivity (Wildman–Crippen MR) is 41.9 cm³/mol. The van der Waals surface area contributed by atoms with Crippen molar-refractivity contribution in [3.63, 3.8) is 0 Å². The van der Waals surface area contributed by atoms with Crippen LogP contribution in [-0.2, 0) is 17.9 Å². The van der Waals surface area contributed by atoms with Crippen molar-refractivity contribution in [2.75, 3.05) is 7.11 Å². The molecule has 1 rings (SSSR count). The Balaban J connectivity index is 2.82. The molecule has 11 heavy (non-hydrogen) atoms. The van der Waals surface area contributed by atoms with Crippen LogP contribution >= 0.6 is 0 Å². The molecule has 1 aromatic heterocycles. The summed E-state index contributed by atoms with van der Waals surface area (Å²) in [5, 5.41) is 6.89. The van der Waals surface area contributed by atoms with Crippen LogP contribution in [0.3, 0.4) is 0 Å². The molecular weight excluding hydrogens is 142 g/mol. The van der Waals surface area contributed by atoms with E-state index in [2.05, 4.69) is 10.2 Å². The molecule has 0 atom stereocenters. The molecule has 3 N–H and O–H groups in total. The molecule has 0 fully saturated rings. The minimum Gasteiger partial charge on any atom is -0.378 e. The largest absolute Gasteiger partial charge is 0.378 e. The number of ether oxygens (including phenoxy) is 1. The highest BCUT2D eigenvalue weighted by atomic mass is 16.5. The second-order valence-electron chi connectivity index (χ2n) is 2.41. The lowest BCUT2D eigenvalue weighted by molar-refractivity contribution is 0.181. The molecule has 4 heteroatoms. The van der Waals surface area contributed by atoms with Gasteiger partial charge in [0.15, 0.2) is 0 Å². The Morgan fingerprint density at radius 1 is 1.64 bits per heavy atom. The normalized spacial score (nSPS) is 10.5. The lowest BCUT2D eigenvalue weighted by Crippen LogP contribution is -1.98. The number of nitrogens with one attached hydrogen (secondary N) is 1. The maximum atomic E-state index is 5.44. The molecule has 1 heterocycles. The standard InChI is InChI=1S/C7H13N3O/c1-5-6(3-8)9-10-7(5)4-11-2/h3-4,8H2,1-2H3,(H,9,10). The lowest BCUT2D eigenvalue weighted by Gasteiger charge is -1.96. The number of nitrogens with zero attached hydrogens (tertiary/aromatic N) is 1. The van der Waals surface area contributed by atoms with E-state index >= 15 is 0 Å². The number of methoxy groups -OCH3 is 1. The number of hydrogen-bond donors (Lipinski definition) is 2. The SMILES string of the molecule is COCc1[nH]nc(CN)c1C. The van der Waals surface area contributed by atoms with Crippen LogP contribution in [0.25, 0.3) is 0 Å². The number of aromatic nitrogens is 2. The number of H-pyrrole nitrogens is 1.